The number of benzene rings is 1. The van der Waals surface area contributed by atoms with Crippen LogP contribution in [-0.4, -0.2) is 10.2 Å². The van der Waals surface area contributed by atoms with E-state index >= 15 is 0 Å². The second-order valence-electron chi connectivity index (χ2n) is 6.32. The fourth-order valence-corrected chi connectivity index (χ4v) is 2.87. The molecule has 3 rings (SSSR count). The average molecular weight is 257 g/mol. The number of aromatic nitrogens is 1. The first-order valence-electron chi connectivity index (χ1n) is 6.58. The zero-order valence-corrected chi connectivity index (χ0v) is 12.1. The maximum atomic E-state index is 12.5. The lowest BCUT2D eigenvalue weighted by atomic mass is 9.73. The highest BCUT2D eigenvalue weighted by Gasteiger charge is 2.50. The van der Waals surface area contributed by atoms with Crippen LogP contribution in [0.2, 0.25) is 0 Å². The number of pyridine rings is 1. The summed E-state index contributed by atoms with van der Waals surface area (Å²) >= 11 is 0. The summed E-state index contributed by atoms with van der Waals surface area (Å²) in [6.07, 6.45) is 0. The summed E-state index contributed by atoms with van der Waals surface area (Å²) in [6, 6.07) is 8.02. The van der Waals surface area contributed by atoms with Crippen LogP contribution < -0.4 is 10.3 Å². The molecule has 0 radical (unpaired) electrons. The number of hydrogen-bond donors (Lipinski definition) is 0. The summed E-state index contributed by atoms with van der Waals surface area (Å²) in [5.74, 6) is 0.510. The predicted molar refractivity (Wildman–Crippen MR) is 76.9 cm³/mol. The molecule has 0 fully saturated rings. The average Bonchev–Trinajstić information content (AvgIpc) is 2.53. The third-order valence-electron chi connectivity index (χ3n) is 4.75. The number of ether oxygens (including phenoxy) is 1. The Balaban J connectivity index is 2.55. The molecule has 3 heteroatoms. The van der Waals surface area contributed by atoms with Crippen LogP contribution in [0, 0.1) is 0 Å². The van der Waals surface area contributed by atoms with Gasteiger partial charge in [-0.05, 0) is 19.9 Å². The number of nitrogens with zero attached hydrogens (tertiary/aromatic N) is 1. The summed E-state index contributed by atoms with van der Waals surface area (Å²) in [5, 5.41) is 1.11. The van der Waals surface area contributed by atoms with Crippen molar-refractivity contribution >= 4 is 10.9 Å². The van der Waals surface area contributed by atoms with E-state index in [0.29, 0.717) is 5.75 Å². The van der Waals surface area contributed by atoms with Crippen molar-refractivity contribution < 1.29 is 4.74 Å². The molecule has 0 amide bonds. The fourth-order valence-electron chi connectivity index (χ4n) is 2.87. The lowest BCUT2D eigenvalue weighted by Gasteiger charge is -2.33. The van der Waals surface area contributed by atoms with Gasteiger partial charge in [0.1, 0.15) is 5.60 Å². The van der Waals surface area contributed by atoms with Crippen molar-refractivity contribution in [2.45, 2.75) is 38.7 Å². The normalized spacial score (nSPS) is 19.2. The molecule has 0 saturated carbocycles. The van der Waals surface area contributed by atoms with Crippen molar-refractivity contribution in [3.05, 3.63) is 40.2 Å². The van der Waals surface area contributed by atoms with E-state index in [1.54, 1.807) is 11.6 Å². The molecular formula is C16H19NO2. The zero-order valence-electron chi connectivity index (χ0n) is 12.1. The van der Waals surface area contributed by atoms with Crippen molar-refractivity contribution in [3.8, 4) is 5.75 Å². The Hall–Kier alpha value is -1.77. The van der Waals surface area contributed by atoms with Crippen molar-refractivity contribution in [2.24, 2.45) is 7.05 Å². The van der Waals surface area contributed by atoms with Gasteiger partial charge in [0, 0.05) is 23.4 Å². The second-order valence-corrected chi connectivity index (χ2v) is 6.32. The molecule has 0 atom stereocenters. The number of rotatable bonds is 0. The molecular weight excluding hydrogens is 238 g/mol. The van der Waals surface area contributed by atoms with Crippen LogP contribution in [-0.2, 0) is 12.5 Å². The molecule has 0 unspecified atom stereocenters. The van der Waals surface area contributed by atoms with Gasteiger partial charge in [-0.15, -0.1) is 0 Å². The van der Waals surface area contributed by atoms with E-state index in [1.807, 2.05) is 32.0 Å². The Kier molecular flexibility index (Phi) is 2.20. The third-order valence-corrected chi connectivity index (χ3v) is 4.75. The summed E-state index contributed by atoms with van der Waals surface area (Å²) in [5.41, 5.74) is 1.37. The summed E-state index contributed by atoms with van der Waals surface area (Å²) in [6.45, 7) is 8.37. The van der Waals surface area contributed by atoms with Gasteiger partial charge in [-0.2, -0.15) is 0 Å². The second kappa shape index (κ2) is 3.41. The highest BCUT2D eigenvalue weighted by atomic mass is 16.5. The number of hydrogen-bond acceptors (Lipinski definition) is 2. The van der Waals surface area contributed by atoms with Crippen LogP contribution in [0.25, 0.3) is 10.9 Å². The predicted octanol–water partition coefficient (Wildman–Crippen LogP) is 2.99. The molecule has 1 aliphatic rings. The first-order chi connectivity index (χ1) is 8.77. The van der Waals surface area contributed by atoms with Crippen LogP contribution in [0.5, 0.6) is 5.75 Å². The highest BCUT2D eigenvalue weighted by molar-refractivity contribution is 5.86. The van der Waals surface area contributed by atoms with Crippen molar-refractivity contribution in [3.63, 3.8) is 0 Å². The van der Waals surface area contributed by atoms with Crippen LogP contribution >= 0.6 is 0 Å². The molecule has 19 heavy (non-hydrogen) atoms. The molecule has 100 valence electrons. The molecule has 0 saturated heterocycles. The largest absolute Gasteiger partial charge is 0.481 e. The Bertz CT molecular complexity index is 738. The van der Waals surface area contributed by atoms with E-state index in [1.165, 1.54) is 0 Å². The summed E-state index contributed by atoms with van der Waals surface area (Å²) in [7, 11) is 1.80. The summed E-state index contributed by atoms with van der Waals surface area (Å²) < 4.78 is 7.67. The molecule has 0 aliphatic carbocycles. The molecule has 0 N–H and O–H groups in total. The smallest absolute Gasteiger partial charge is 0.293 e. The monoisotopic (exact) mass is 257 g/mol. The molecule has 1 aromatic carbocycles. The van der Waals surface area contributed by atoms with Crippen molar-refractivity contribution in [1.29, 1.82) is 0 Å². The fraction of sp³-hybridized carbons (Fsp3) is 0.438. The van der Waals surface area contributed by atoms with Gasteiger partial charge in [0.05, 0.1) is 5.52 Å². The maximum absolute atomic E-state index is 12.5. The van der Waals surface area contributed by atoms with Crippen molar-refractivity contribution in [1.82, 2.24) is 4.57 Å². The Morgan fingerprint density at radius 1 is 1.11 bits per heavy atom. The number of para-hydroxylation sites is 1. The van der Waals surface area contributed by atoms with Crippen LogP contribution in [0.4, 0.5) is 0 Å². The van der Waals surface area contributed by atoms with Gasteiger partial charge >= 0.3 is 0 Å². The Labute approximate surface area is 112 Å². The van der Waals surface area contributed by atoms with Gasteiger partial charge in [-0.25, -0.2) is 0 Å². The number of aryl methyl sites for hydroxylation is 1. The van der Waals surface area contributed by atoms with Gasteiger partial charge in [-0.1, -0.05) is 32.0 Å². The summed E-state index contributed by atoms with van der Waals surface area (Å²) in [4.78, 5) is 12.5. The SMILES string of the molecule is Cn1c(=O)c2c(c3ccccc31)C(C)(C)C(C)(C)O2. The van der Waals surface area contributed by atoms with E-state index in [4.69, 9.17) is 4.74 Å². The lowest BCUT2D eigenvalue weighted by molar-refractivity contribution is 0.0701. The van der Waals surface area contributed by atoms with E-state index in [9.17, 15) is 4.79 Å². The zero-order chi connectivity index (χ0) is 14.0. The lowest BCUT2D eigenvalue weighted by Crippen LogP contribution is -2.42. The Morgan fingerprint density at radius 2 is 1.74 bits per heavy atom. The Morgan fingerprint density at radius 3 is 2.42 bits per heavy atom. The third kappa shape index (κ3) is 1.36. The maximum Gasteiger partial charge on any atom is 0.293 e. The topological polar surface area (TPSA) is 31.2 Å². The van der Waals surface area contributed by atoms with E-state index in [0.717, 1.165) is 16.5 Å². The molecule has 1 aromatic heterocycles. The minimum Gasteiger partial charge on any atom is -0.481 e. The first kappa shape index (κ1) is 12.3. The first-order valence-corrected chi connectivity index (χ1v) is 6.58. The van der Waals surface area contributed by atoms with Gasteiger partial charge in [0.15, 0.2) is 5.75 Å². The standard InChI is InChI=1S/C16H19NO2/c1-15(2)12-10-8-6-7-9-11(10)17(5)14(18)13(12)19-16(15,3)4/h6-9H,1-5H3. The van der Waals surface area contributed by atoms with Crippen molar-refractivity contribution in [2.75, 3.05) is 0 Å². The molecule has 0 spiro atoms. The number of fused-ring (bicyclic) bond motifs is 3. The quantitative estimate of drug-likeness (QED) is 0.726. The van der Waals surface area contributed by atoms with Crippen LogP contribution in [0.1, 0.15) is 33.3 Å². The molecule has 2 aromatic rings. The van der Waals surface area contributed by atoms with Crippen LogP contribution in [0.3, 0.4) is 0 Å². The highest BCUT2D eigenvalue weighted by Crippen LogP contribution is 2.49. The van der Waals surface area contributed by atoms with E-state index in [-0.39, 0.29) is 16.6 Å². The molecule has 2 heterocycles. The minimum atomic E-state index is -0.383. The molecule has 0 bridgehead atoms. The van der Waals surface area contributed by atoms with E-state index < -0.39 is 0 Å². The molecule has 3 nitrogen and oxygen atoms in total. The van der Waals surface area contributed by atoms with Gasteiger partial charge in [0.2, 0.25) is 0 Å². The van der Waals surface area contributed by atoms with Crippen LogP contribution in [0.15, 0.2) is 29.1 Å². The molecule has 1 aliphatic heterocycles. The van der Waals surface area contributed by atoms with Gasteiger partial charge in [-0.3, -0.25) is 4.79 Å². The minimum absolute atomic E-state index is 0.0488. The van der Waals surface area contributed by atoms with Gasteiger partial charge < -0.3 is 9.30 Å². The van der Waals surface area contributed by atoms with E-state index in [2.05, 4.69) is 19.9 Å². The van der Waals surface area contributed by atoms with Gasteiger partial charge in [0.25, 0.3) is 5.56 Å².